The highest BCUT2D eigenvalue weighted by atomic mass is 35.5. The number of aromatic nitrogens is 2. The third-order valence-electron chi connectivity index (χ3n) is 8.12. The van der Waals surface area contributed by atoms with Gasteiger partial charge in [-0.05, 0) is 78.2 Å². The lowest BCUT2D eigenvalue weighted by Crippen LogP contribution is -2.26. The van der Waals surface area contributed by atoms with Gasteiger partial charge in [0.05, 0.1) is 17.1 Å². The maximum atomic E-state index is 14.0. The number of nitrogens with one attached hydrogen (secondary N) is 2. The normalized spacial score (nSPS) is 13.0. The Morgan fingerprint density at radius 1 is 0.778 bits per heavy atom. The first-order chi connectivity index (χ1) is 21.8. The van der Waals surface area contributed by atoms with E-state index < -0.39 is 11.9 Å². The molecular weight excluding hydrogens is 587 g/mol. The Balaban J connectivity index is 1.51. The molecule has 2 heterocycles. The van der Waals surface area contributed by atoms with Crippen molar-refractivity contribution in [2.24, 2.45) is 5.92 Å². The molecule has 4 N–H and O–H groups in total. The fourth-order valence-corrected chi connectivity index (χ4v) is 6.12. The number of nitrogens with zero attached hydrogens (tertiary/aromatic N) is 2. The highest BCUT2D eigenvalue weighted by Gasteiger charge is 2.24. The number of phenols is 2. The molecule has 0 amide bonds. The minimum Gasteiger partial charge on any atom is -0.505 e. The second-order valence-corrected chi connectivity index (χ2v) is 12.0. The van der Waals surface area contributed by atoms with Crippen LogP contribution in [0.5, 0.6) is 11.5 Å². The summed E-state index contributed by atoms with van der Waals surface area (Å²) in [6.07, 6.45) is 3.33. The van der Waals surface area contributed by atoms with Crippen molar-refractivity contribution < 1.29 is 14.6 Å². The number of hydrogen-bond acceptors (Lipinski definition) is 6. The van der Waals surface area contributed by atoms with E-state index in [0.717, 1.165) is 39.6 Å². The average Bonchev–Trinajstić information content (AvgIpc) is 3.05. The SMILES string of the molecule is CNC(c1ccc(F)c(Cl)c1)c1cc(-c2cccc(C(NCC(C)C)c3ccc4cccnc4c3O)c2)c2cccnc2c1O. The van der Waals surface area contributed by atoms with Gasteiger partial charge in [-0.2, -0.15) is 0 Å². The van der Waals surface area contributed by atoms with E-state index in [1.165, 1.54) is 6.07 Å². The van der Waals surface area contributed by atoms with Crippen molar-refractivity contribution in [2.75, 3.05) is 13.6 Å². The third-order valence-corrected chi connectivity index (χ3v) is 8.41. The van der Waals surface area contributed by atoms with E-state index in [1.54, 1.807) is 31.6 Å². The van der Waals surface area contributed by atoms with E-state index in [-0.39, 0.29) is 22.6 Å². The summed E-state index contributed by atoms with van der Waals surface area (Å²) in [7, 11) is 1.78. The van der Waals surface area contributed by atoms with Crippen LogP contribution in [0.2, 0.25) is 5.02 Å². The first-order valence-electron chi connectivity index (χ1n) is 14.9. The number of benzene rings is 4. The molecule has 0 saturated carbocycles. The molecule has 0 bridgehead atoms. The molecule has 228 valence electrons. The monoisotopic (exact) mass is 620 g/mol. The van der Waals surface area contributed by atoms with Crippen molar-refractivity contribution in [3.05, 3.63) is 130 Å². The van der Waals surface area contributed by atoms with Crippen molar-refractivity contribution in [1.82, 2.24) is 20.6 Å². The summed E-state index contributed by atoms with van der Waals surface area (Å²) in [5, 5.41) is 31.4. The Hall–Kier alpha value is -4.56. The van der Waals surface area contributed by atoms with Gasteiger partial charge in [0.1, 0.15) is 28.3 Å². The zero-order valence-electron chi connectivity index (χ0n) is 25.2. The van der Waals surface area contributed by atoms with Crippen LogP contribution in [0.3, 0.4) is 0 Å². The molecule has 0 spiro atoms. The molecule has 2 aromatic heterocycles. The molecule has 4 aromatic carbocycles. The maximum absolute atomic E-state index is 14.0. The van der Waals surface area contributed by atoms with E-state index in [9.17, 15) is 14.6 Å². The summed E-state index contributed by atoms with van der Waals surface area (Å²) in [5.41, 5.74) is 5.77. The van der Waals surface area contributed by atoms with Gasteiger partial charge in [0.15, 0.2) is 0 Å². The lowest BCUT2D eigenvalue weighted by atomic mass is 9.89. The fourth-order valence-electron chi connectivity index (χ4n) is 5.93. The topological polar surface area (TPSA) is 90.3 Å². The molecule has 6 rings (SSSR count). The fraction of sp³-hybridized carbons (Fsp3) is 0.189. The maximum Gasteiger partial charge on any atom is 0.146 e. The predicted octanol–water partition coefficient (Wildman–Crippen LogP) is 8.30. The van der Waals surface area contributed by atoms with Crippen LogP contribution in [0.1, 0.15) is 48.2 Å². The van der Waals surface area contributed by atoms with Gasteiger partial charge in [-0.25, -0.2) is 4.39 Å². The molecule has 8 heteroatoms. The van der Waals surface area contributed by atoms with Gasteiger partial charge in [0.25, 0.3) is 0 Å². The van der Waals surface area contributed by atoms with Crippen LogP contribution >= 0.6 is 11.6 Å². The van der Waals surface area contributed by atoms with E-state index in [0.29, 0.717) is 28.1 Å². The second kappa shape index (κ2) is 12.8. The Bertz CT molecular complexity index is 2020. The minimum absolute atomic E-state index is 0.00570. The summed E-state index contributed by atoms with van der Waals surface area (Å²) in [5.74, 6) is 0.0575. The lowest BCUT2D eigenvalue weighted by Gasteiger charge is -2.24. The van der Waals surface area contributed by atoms with E-state index in [4.69, 9.17) is 11.6 Å². The average molecular weight is 621 g/mol. The Labute approximate surface area is 266 Å². The van der Waals surface area contributed by atoms with Crippen molar-refractivity contribution in [1.29, 1.82) is 0 Å². The Morgan fingerprint density at radius 3 is 2.27 bits per heavy atom. The summed E-state index contributed by atoms with van der Waals surface area (Å²) in [6.45, 7) is 5.02. The van der Waals surface area contributed by atoms with Gasteiger partial charge < -0.3 is 20.8 Å². The number of phenolic OH excluding ortho intramolecular Hbond substituents is 2. The zero-order valence-corrected chi connectivity index (χ0v) is 26.0. The van der Waals surface area contributed by atoms with Gasteiger partial charge in [0.2, 0.25) is 0 Å². The molecule has 0 fully saturated rings. The van der Waals surface area contributed by atoms with Crippen molar-refractivity contribution in [3.63, 3.8) is 0 Å². The van der Waals surface area contributed by atoms with Crippen molar-refractivity contribution in [2.45, 2.75) is 25.9 Å². The van der Waals surface area contributed by atoms with Crippen LogP contribution < -0.4 is 10.6 Å². The van der Waals surface area contributed by atoms with Crippen molar-refractivity contribution in [3.8, 4) is 22.6 Å². The predicted molar refractivity (Wildman–Crippen MR) is 179 cm³/mol. The summed E-state index contributed by atoms with van der Waals surface area (Å²) in [4.78, 5) is 8.99. The molecule has 2 unspecified atom stereocenters. The largest absolute Gasteiger partial charge is 0.505 e. The molecule has 0 saturated heterocycles. The quantitative estimate of drug-likeness (QED) is 0.130. The van der Waals surface area contributed by atoms with Crippen LogP contribution in [-0.2, 0) is 0 Å². The highest BCUT2D eigenvalue weighted by molar-refractivity contribution is 6.30. The van der Waals surface area contributed by atoms with Crippen LogP contribution in [0.25, 0.3) is 32.9 Å². The van der Waals surface area contributed by atoms with Gasteiger partial charge in [-0.3, -0.25) is 9.97 Å². The number of rotatable bonds is 9. The molecule has 2 atom stereocenters. The molecular formula is C37H34ClFN4O2. The van der Waals surface area contributed by atoms with Crippen LogP contribution in [0.15, 0.2) is 97.3 Å². The standard InChI is InChI=1S/C37H34ClFN4O2/c1-21(2)20-43-33(27-13-11-22-9-5-15-41-34(22)36(27)44)24-8-4-7-23(17-24)28-19-29(37(45)35-26(28)10-6-16-42-35)32(40-3)25-12-14-31(39)30(38)18-25/h4-19,21,32-33,40,43-45H,20H2,1-3H3. The molecule has 6 nitrogen and oxygen atoms in total. The number of hydrogen-bond donors (Lipinski definition) is 4. The van der Waals surface area contributed by atoms with Gasteiger partial charge in [-0.1, -0.05) is 74.0 Å². The van der Waals surface area contributed by atoms with Crippen LogP contribution in [-0.4, -0.2) is 33.8 Å². The third kappa shape index (κ3) is 5.94. The number of halogens is 2. The highest BCUT2D eigenvalue weighted by Crippen LogP contribution is 2.42. The number of pyridine rings is 2. The van der Waals surface area contributed by atoms with E-state index in [2.05, 4.69) is 40.5 Å². The minimum atomic E-state index is -0.508. The smallest absolute Gasteiger partial charge is 0.146 e. The summed E-state index contributed by atoms with van der Waals surface area (Å²) < 4.78 is 14.0. The molecule has 0 aliphatic heterocycles. The van der Waals surface area contributed by atoms with E-state index >= 15 is 0 Å². The molecule has 0 radical (unpaired) electrons. The number of aromatic hydroxyl groups is 2. The lowest BCUT2D eigenvalue weighted by molar-refractivity contribution is 0.453. The first-order valence-corrected chi connectivity index (χ1v) is 15.3. The van der Waals surface area contributed by atoms with Crippen LogP contribution in [0, 0.1) is 11.7 Å². The molecule has 0 aliphatic rings. The number of fused-ring (bicyclic) bond motifs is 2. The summed E-state index contributed by atoms with van der Waals surface area (Å²) in [6, 6.07) is 25.4. The second-order valence-electron chi connectivity index (χ2n) is 11.6. The Morgan fingerprint density at radius 2 is 1.51 bits per heavy atom. The van der Waals surface area contributed by atoms with Crippen LogP contribution in [0.4, 0.5) is 4.39 Å². The zero-order chi connectivity index (χ0) is 31.7. The van der Waals surface area contributed by atoms with Crippen molar-refractivity contribution >= 4 is 33.4 Å². The van der Waals surface area contributed by atoms with Gasteiger partial charge >= 0.3 is 0 Å². The Kier molecular flexibility index (Phi) is 8.67. The molecule has 0 aliphatic carbocycles. The van der Waals surface area contributed by atoms with Gasteiger partial charge in [-0.15, -0.1) is 0 Å². The van der Waals surface area contributed by atoms with Gasteiger partial charge in [0, 0.05) is 34.3 Å². The first kappa shape index (κ1) is 30.5. The van der Waals surface area contributed by atoms with E-state index in [1.807, 2.05) is 60.7 Å². The molecule has 45 heavy (non-hydrogen) atoms. The summed E-state index contributed by atoms with van der Waals surface area (Å²) >= 11 is 6.15. The molecule has 6 aromatic rings.